The van der Waals surface area contributed by atoms with Gasteiger partial charge in [0.2, 0.25) is 11.8 Å². The monoisotopic (exact) mass is 418 g/mol. The molecule has 2 aromatic rings. The minimum atomic E-state index is -0.222. The van der Waals surface area contributed by atoms with E-state index < -0.39 is 0 Å². The molecule has 0 aliphatic heterocycles. The zero-order valence-corrected chi connectivity index (χ0v) is 16.6. The molecule has 28 heavy (non-hydrogen) atoms. The Kier molecular flexibility index (Phi) is 9.18. The van der Waals surface area contributed by atoms with Gasteiger partial charge in [-0.2, -0.15) is 10.2 Å². The highest BCUT2D eigenvalue weighted by atomic mass is 35.5. The predicted octanol–water partition coefficient (Wildman–Crippen LogP) is 4.15. The molecule has 0 fully saturated rings. The second kappa shape index (κ2) is 11.9. The lowest BCUT2D eigenvalue weighted by atomic mass is 10.2. The maximum absolute atomic E-state index is 11.7. The van der Waals surface area contributed by atoms with Crippen molar-refractivity contribution in [2.45, 2.75) is 25.7 Å². The van der Waals surface area contributed by atoms with Crippen LogP contribution in [0.4, 0.5) is 0 Å². The number of hydrogen-bond acceptors (Lipinski definition) is 4. The van der Waals surface area contributed by atoms with Gasteiger partial charge in [-0.1, -0.05) is 59.6 Å². The quantitative estimate of drug-likeness (QED) is 0.364. The van der Waals surface area contributed by atoms with Crippen molar-refractivity contribution in [3.63, 3.8) is 0 Å². The van der Waals surface area contributed by atoms with E-state index in [-0.39, 0.29) is 24.7 Å². The smallest absolute Gasteiger partial charge is 0.240 e. The van der Waals surface area contributed by atoms with Crippen LogP contribution < -0.4 is 10.9 Å². The van der Waals surface area contributed by atoms with E-state index in [1.165, 1.54) is 12.4 Å². The third-order valence-corrected chi connectivity index (χ3v) is 4.34. The van der Waals surface area contributed by atoms with Crippen molar-refractivity contribution in [2.75, 3.05) is 0 Å². The van der Waals surface area contributed by atoms with Crippen LogP contribution in [0.15, 0.2) is 58.7 Å². The Hall–Kier alpha value is -2.70. The summed E-state index contributed by atoms with van der Waals surface area (Å²) in [6.07, 6.45) is 4.66. The minimum absolute atomic E-state index is 0.222. The van der Waals surface area contributed by atoms with Gasteiger partial charge in [0.05, 0.1) is 12.4 Å². The number of benzene rings is 2. The number of carbonyl (C=O) groups excluding carboxylic acids is 2. The fourth-order valence-corrected chi connectivity index (χ4v) is 2.56. The number of nitrogens with zero attached hydrogens (tertiary/aromatic N) is 2. The van der Waals surface area contributed by atoms with E-state index in [1.54, 1.807) is 24.3 Å². The van der Waals surface area contributed by atoms with Gasteiger partial charge in [-0.3, -0.25) is 9.59 Å². The molecule has 2 rings (SSSR count). The Balaban J connectivity index is 1.60. The van der Waals surface area contributed by atoms with Crippen molar-refractivity contribution >= 4 is 47.4 Å². The summed E-state index contributed by atoms with van der Waals surface area (Å²) < 4.78 is 0. The highest BCUT2D eigenvalue weighted by Crippen LogP contribution is 2.12. The maximum Gasteiger partial charge on any atom is 0.240 e. The van der Waals surface area contributed by atoms with Crippen LogP contribution >= 0.6 is 23.2 Å². The van der Waals surface area contributed by atoms with E-state index in [2.05, 4.69) is 21.1 Å². The fourth-order valence-electron chi connectivity index (χ4n) is 2.19. The summed E-state index contributed by atoms with van der Waals surface area (Å²) in [5.74, 6) is -0.444. The standard InChI is InChI=1S/C20H20Cl2N4O2/c21-17-9-3-1-7-15(17)13-23-25-19(27)11-5-6-12-20(28)26-24-14-16-8-2-4-10-18(16)22/h1-4,7-10,13-14H,5-6,11-12H2,(H,25,27)(H,26,28)/b23-13-,24-14?. The summed E-state index contributed by atoms with van der Waals surface area (Å²) in [6.45, 7) is 0. The van der Waals surface area contributed by atoms with E-state index in [0.29, 0.717) is 22.9 Å². The average molecular weight is 419 g/mol. The van der Waals surface area contributed by atoms with E-state index in [9.17, 15) is 9.59 Å². The molecular formula is C20H20Cl2N4O2. The first-order valence-corrected chi connectivity index (χ1v) is 9.44. The van der Waals surface area contributed by atoms with E-state index >= 15 is 0 Å². The first-order valence-electron chi connectivity index (χ1n) is 8.69. The molecule has 0 spiro atoms. The van der Waals surface area contributed by atoms with Crippen molar-refractivity contribution in [1.82, 2.24) is 10.9 Å². The maximum atomic E-state index is 11.7. The Bertz CT molecular complexity index is 797. The summed E-state index contributed by atoms with van der Waals surface area (Å²) in [5, 5.41) is 8.87. The number of nitrogens with one attached hydrogen (secondary N) is 2. The number of hydrogen-bond donors (Lipinski definition) is 2. The number of halogens is 2. The highest BCUT2D eigenvalue weighted by molar-refractivity contribution is 6.33. The van der Waals surface area contributed by atoms with E-state index in [4.69, 9.17) is 23.2 Å². The molecule has 0 radical (unpaired) electrons. The Morgan fingerprint density at radius 3 is 1.54 bits per heavy atom. The topological polar surface area (TPSA) is 82.9 Å². The number of hydrazone groups is 2. The van der Waals surface area contributed by atoms with Crippen LogP contribution in [0.5, 0.6) is 0 Å². The SMILES string of the molecule is O=C(CCCCC(=O)N/N=C\c1ccccc1Cl)NN=Cc1ccccc1Cl. The van der Waals surface area contributed by atoms with E-state index in [0.717, 1.165) is 11.1 Å². The summed E-state index contributed by atoms with van der Waals surface area (Å²) >= 11 is 12.0. The molecular weight excluding hydrogens is 399 g/mol. The van der Waals surface area contributed by atoms with Gasteiger partial charge in [-0.15, -0.1) is 0 Å². The van der Waals surface area contributed by atoms with Crippen molar-refractivity contribution in [3.8, 4) is 0 Å². The van der Waals surface area contributed by atoms with Crippen molar-refractivity contribution in [2.24, 2.45) is 10.2 Å². The predicted molar refractivity (Wildman–Crippen MR) is 113 cm³/mol. The normalized spacial score (nSPS) is 11.1. The van der Waals surface area contributed by atoms with Gasteiger partial charge in [0, 0.05) is 34.0 Å². The first-order chi connectivity index (χ1) is 13.6. The summed E-state index contributed by atoms with van der Waals surface area (Å²) in [5.41, 5.74) is 6.32. The molecule has 0 saturated heterocycles. The Morgan fingerprint density at radius 2 is 1.14 bits per heavy atom. The van der Waals surface area contributed by atoms with E-state index in [1.807, 2.05) is 24.3 Å². The Labute approximate surface area is 173 Å². The van der Waals surface area contributed by atoms with Crippen molar-refractivity contribution in [1.29, 1.82) is 0 Å². The molecule has 0 atom stereocenters. The van der Waals surface area contributed by atoms with Gasteiger partial charge >= 0.3 is 0 Å². The number of carbonyl (C=O) groups is 2. The van der Waals surface area contributed by atoms with Gasteiger partial charge in [0.1, 0.15) is 0 Å². The first kappa shape index (κ1) is 21.6. The lowest BCUT2D eigenvalue weighted by molar-refractivity contribution is -0.123. The zero-order chi connectivity index (χ0) is 20.2. The third-order valence-electron chi connectivity index (χ3n) is 3.65. The molecule has 2 N–H and O–H groups in total. The summed E-state index contributed by atoms with van der Waals surface area (Å²) in [4.78, 5) is 23.5. The van der Waals surface area contributed by atoms with Gasteiger partial charge in [-0.05, 0) is 25.0 Å². The van der Waals surface area contributed by atoms with Crippen LogP contribution in [0.2, 0.25) is 10.0 Å². The molecule has 6 nitrogen and oxygen atoms in total. The number of amides is 2. The van der Waals surface area contributed by atoms with Crippen LogP contribution in [0.1, 0.15) is 36.8 Å². The van der Waals surface area contributed by atoms with Gasteiger partial charge in [-0.25, -0.2) is 10.9 Å². The molecule has 146 valence electrons. The second-order valence-electron chi connectivity index (χ2n) is 5.84. The molecule has 2 aromatic carbocycles. The fraction of sp³-hybridized carbons (Fsp3) is 0.200. The van der Waals surface area contributed by atoms with Crippen molar-refractivity contribution in [3.05, 3.63) is 69.7 Å². The Morgan fingerprint density at radius 1 is 0.750 bits per heavy atom. The van der Waals surface area contributed by atoms with Gasteiger partial charge < -0.3 is 0 Å². The summed E-state index contributed by atoms with van der Waals surface area (Å²) in [6, 6.07) is 14.4. The second-order valence-corrected chi connectivity index (χ2v) is 6.65. The molecule has 0 unspecified atom stereocenters. The largest absolute Gasteiger partial charge is 0.273 e. The lowest BCUT2D eigenvalue weighted by Crippen LogP contribution is -2.19. The zero-order valence-electron chi connectivity index (χ0n) is 15.1. The molecule has 0 saturated carbocycles. The molecule has 0 aliphatic rings. The van der Waals surface area contributed by atoms with Crippen LogP contribution in [0.3, 0.4) is 0 Å². The van der Waals surface area contributed by atoms with Crippen LogP contribution in [0.25, 0.3) is 0 Å². The molecule has 0 aromatic heterocycles. The van der Waals surface area contributed by atoms with Gasteiger partial charge in [0.15, 0.2) is 0 Å². The molecule has 0 heterocycles. The van der Waals surface area contributed by atoms with Crippen LogP contribution in [-0.4, -0.2) is 24.2 Å². The van der Waals surface area contributed by atoms with Gasteiger partial charge in [0.25, 0.3) is 0 Å². The molecule has 0 aliphatic carbocycles. The molecule has 8 heteroatoms. The minimum Gasteiger partial charge on any atom is -0.273 e. The lowest BCUT2D eigenvalue weighted by Gasteiger charge is -2.01. The third kappa shape index (κ3) is 7.90. The molecule has 2 amide bonds. The van der Waals surface area contributed by atoms with Crippen LogP contribution in [-0.2, 0) is 9.59 Å². The number of rotatable bonds is 9. The number of unbranched alkanes of at least 4 members (excludes halogenated alkanes) is 1. The average Bonchev–Trinajstić information content (AvgIpc) is 2.68. The highest BCUT2D eigenvalue weighted by Gasteiger charge is 2.03. The summed E-state index contributed by atoms with van der Waals surface area (Å²) in [7, 11) is 0. The van der Waals surface area contributed by atoms with Crippen LogP contribution in [0, 0.1) is 0 Å². The van der Waals surface area contributed by atoms with Crippen molar-refractivity contribution < 1.29 is 9.59 Å². The molecule has 0 bridgehead atoms.